The number of hydrogen-bond donors (Lipinski definition) is 3. The van der Waals surface area contributed by atoms with Crippen LogP contribution in [0.3, 0.4) is 0 Å². The molecule has 5 heteroatoms. The number of amides is 2. The second-order valence-electron chi connectivity index (χ2n) is 4.92. The van der Waals surface area contributed by atoms with Crippen LogP contribution in [-0.4, -0.2) is 36.8 Å². The van der Waals surface area contributed by atoms with Crippen LogP contribution in [0.15, 0.2) is 0 Å². The third kappa shape index (κ3) is 4.76. The van der Waals surface area contributed by atoms with Crippen molar-refractivity contribution >= 4 is 17.8 Å². The molecular weight excluding hydrogens is 234 g/mol. The van der Waals surface area contributed by atoms with Crippen molar-refractivity contribution in [3.8, 4) is 0 Å². The van der Waals surface area contributed by atoms with Gasteiger partial charge in [0.15, 0.2) is 0 Å². The van der Waals surface area contributed by atoms with Crippen molar-refractivity contribution in [2.24, 2.45) is 5.92 Å². The van der Waals surface area contributed by atoms with E-state index in [0.29, 0.717) is 11.3 Å². The molecule has 0 aromatic carbocycles. The maximum atomic E-state index is 11.7. The Morgan fingerprint density at radius 1 is 1.29 bits per heavy atom. The lowest BCUT2D eigenvalue weighted by Gasteiger charge is -2.25. The molecule has 0 spiro atoms. The summed E-state index contributed by atoms with van der Waals surface area (Å²) in [6.45, 7) is 2.97. The van der Waals surface area contributed by atoms with Gasteiger partial charge in [0.05, 0.1) is 5.37 Å². The average Bonchev–Trinajstić information content (AvgIpc) is 2.39. The molecule has 4 nitrogen and oxygen atoms in total. The van der Waals surface area contributed by atoms with Crippen LogP contribution in [0.2, 0.25) is 0 Å². The van der Waals surface area contributed by atoms with Crippen molar-refractivity contribution < 1.29 is 4.79 Å². The number of piperidine rings is 1. The van der Waals surface area contributed by atoms with Crippen LogP contribution in [0.4, 0.5) is 4.79 Å². The Balaban J connectivity index is 1.59. The molecule has 2 aliphatic heterocycles. The van der Waals surface area contributed by atoms with Crippen LogP contribution in [0, 0.1) is 5.92 Å². The Morgan fingerprint density at radius 3 is 2.94 bits per heavy atom. The minimum atomic E-state index is 0.00923. The number of carbonyl (C=O) groups is 1. The van der Waals surface area contributed by atoms with Crippen LogP contribution < -0.4 is 16.0 Å². The van der Waals surface area contributed by atoms with Crippen molar-refractivity contribution in [2.75, 3.05) is 25.4 Å². The normalized spacial score (nSPS) is 29.6. The number of rotatable bonds is 3. The predicted octanol–water partition coefficient (Wildman–Crippen LogP) is 1.53. The third-order valence-corrected chi connectivity index (χ3v) is 4.70. The molecule has 0 aromatic heterocycles. The van der Waals surface area contributed by atoms with Gasteiger partial charge in [0.25, 0.3) is 0 Å². The zero-order valence-corrected chi connectivity index (χ0v) is 11.2. The summed E-state index contributed by atoms with van der Waals surface area (Å²) in [6, 6.07) is 0.00923. The SMILES string of the molecule is O=C(NCC1CCCNC1)NC1CCCCS1. The topological polar surface area (TPSA) is 53.2 Å². The summed E-state index contributed by atoms with van der Waals surface area (Å²) in [5, 5.41) is 9.74. The lowest BCUT2D eigenvalue weighted by Crippen LogP contribution is -2.45. The smallest absolute Gasteiger partial charge is 0.315 e. The molecule has 98 valence electrons. The van der Waals surface area contributed by atoms with E-state index >= 15 is 0 Å². The molecular formula is C12H23N3OS. The highest BCUT2D eigenvalue weighted by Gasteiger charge is 2.17. The molecule has 0 radical (unpaired) electrons. The Hall–Kier alpha value is -0.420. The van der Waals surface area contributed by atoms with Gasteiger partial charge in [-0.25, -0.2) is 4.79 Å². The highest BCUT2D eigenvalue weighted by Crippen LogP contribution is 2.22. The first kappa shape index (κ1) is 13.0. The lowest BCUT2D eigenvalue weighted by atomic mass is 10.00. The summed E-state index contributed by atoms with van der Waals surface area (Å²) >= 11 is 1.87. The fraction of sp³-hybridized carbons (Fsp3) is 0.917. The van der Waals surface area contributed by atoms with E-state index in [1.165, 1.54) is 31.4 Å². The molecule has 2 rings (SSSR count). The van der Waals surface area contributed by atoms with E-state index < -0.39 is 0 Å². The Labute approximate surface area is 108 Å². The number of urea groups is 1. The van der Waals surface area contributed by atoms with Crippen LogP contribution in [-0.2, 0) is 0 Å². The molecule has 2 heterocycles. The molecule has 2 fully saturated rings. The molecule has 0 bridgehead atoms. The second kappa shape index (κ2) is 7.11. The second-order valence-corrected chi connectivity index (χ2v) is 6.23. The fourth-order valence-corrected chi connectivity index (χ4v) is 3.57. The first-order chi connectivity index (χ1) is 8.34. The maximum Gasteiger partial charge on any atom is 0.315 e. The first-order valence-corrected chi connectivity index (χ1v) is 7.76. The maximum absolute atomic E-state index is 11.7. The van der Waals surface area contributed by atoms with Gasteiger partial charge < -0.3 is 16.0 Å². The molecule has 2 saturated heterocycles. The summed E-state index contributed by atoms with van der Waals surface area (Å²) in [7, 11) is 0. The highest BCUT2D eigenvalue weighted by atomic mass is 32.2. The van der Waals surface area contributed by atoms with E-state index in [4.69, 9.17) is 0 Å². The first-order valence-electron chi connectivity index (χ1n) is 6.71. The van der Waals surface area contributed by atoms with Gasteiger partial charge in [-0.05, 0) is 56.9 Å². The summed E-state index contributed by atoms with van der Waals surface area (Å²) in [6.07, 6.45) is 6.10. The van der Waals surface area contributed by atoms with Crippen molar-refractivity contribution in [1.29, 1.82) is 0 Å². The summed E-state index contributed by atoms with van der Waals surface area (Å²) in [5.74, 6) is 1.78. The van der Waals surface area contributed by atoms with Gasteiger partial charge in [0.1, 0.15) is 0 Å². The molecule has 2 unspecified atom stereocenters. The number of thioether (sulfide) groups is 1. The number of hydrogen-bond acceptors (Lipinski definition) is 3. The molecule has 2 aliphatic rings. The molecule has 3 N–H and O–H groups in total. The predicted molar refractivity (Wildman–Crippen MR) is 72.2 cm³/mol. The number of carbonyl (C=O) groups excluding carboxylic acids is 1. The van der Waals surface area contributed by atoms with Gasteiger partial charge in [0.2, 0.25) is 0 Å². The van der Waals surface area contributed by atoms with E-state index in [2.05, 4.69) is 16.0 Å². The number of nitrogens with one attached hydrogen (secondary N) is 3. The van der Waals surface area contributed by atoms with E-state index in [9.17, 15) is 4.79 Å². The quantitative estimate of drug-likeness (QED) is 0.718. The lowest BCUT2D eigenvalue weighted by molar-refractivity contribution is 0.235. The zero-order valence-electron chi connectivity index (χ0n) is 10.3. The standard InChI is InChI=1S/C12H23N3OS/c16-12(15-11-5-1-2-7-17-11)14-9-10-4-3-6-13-8-10/h10-11,13H,1-9H2,(H2,14,15,16). The molecule has 2 amide bonds. The third-order valence-electron chi connectivity index (χ3n) is 3.42. The Bertz CT molecular complexity index is 238. The highest BCUT2D eigenvalue weighted by molar-refractivity contribution is 7.99. The van der Waals surface area contributed by atoms with E-state index in [-0.39, 0.29) is 6.03 Å². The Morgan fingerprint density at radius 2 is 2.24 bits per heavy atom. The van der Waals surface area contributed by atoms with Crippen molar-refractivity contribution in [1.82, 2.24) is 16.0 Å². The van der Waals surface area contributed by atoms with E-state index in [1.54, 1.807) is 0 Å². The van der Waals surface area contributed by atoms with Crippen LogP contribution >= 0.6 is 11.8 Å². The largest absolute Gasteiger partial charge is 0.338 e. The average molecular weight is 257 g/mol. The van der Waals surface area contributed by atoms with Gasteiger partial charge in [-0.1, -0.05) is 0 Å². The Kier molecular flexibility index (Phi) is 5.45. The van der Waals surface area contributed by atoms with Crippen LogP contribution in [0.25, 0.3) is 0 Å². The minimum absolute atomic E-state index is 0.00923. The zero-order chi connectivity index (χ0) is 11.9. The molecule has 2 atom stereocenters. The molecule has 0 saturated carbocycles. The van der Waals surface area contributed by atoms with Crippen molar-refractivity contribution in [2.45, 2.75) is 37.5 Å². The van der Waals surface area contributed by atoms with Gasteiger partial charge in [-0.15, -0.1) is 11.8 Å². The molecule has 0 aromatic rings. The van der Waals surface area contributed by atoms with Gasteiger partial charge in [-0.2, -0.15) is 0 Å². The van der Waals surface area contributed by atoms with E-state index in [1.807, 2.05) is 11.8 Å². The summed E-state index contributed by atoms with van der Waals surface area (Å²) < 4.78 is 0. The van der Waals surface area contributed by atoms with Crippen LogP contribution in [0.1, 0.15) is 32.1 Å². The summed E-state index contributed by atoms with van der Waals surface area (Å²) in [5.41, 5.74) is 0. The van der Waals surface area contributed by atoms with Crippen LogP contribution in [0.5, 0.6) is 0 Å². The summed E-state index contributed by atoms with van der Waals surface area (Å²) in [4.78, 5) is 11.7. The fourth-order valence-electron chi connectivity index (χ4n) is 2.39. The monoisotopic (exact) mass is 257 g/mol. The van der Waals surface area contributed by atoms with Gasteiger partial charge >= 0.3 is 6.03 Å². The van der Waals surface area contributed by atoms with E-state index in [0.717, 1.165) is 26.1 Å². The van der Waals surface area contributed by atoms with Crippen molar-refractivity contribution in [3.63, 3.8) is 0 Å². The van der Waals surface area contributed by atoms with Crippen molar-refractivity contribution in [3.05, 3.63) is 0 Å². The van der Waals surface area contributed by atoms with Gasteiger partial charge in [0, 0.05) is 6.54 Å². The minimum Gasteiger partial charge on any atom is -0.338 e. The molecule has 0 aliphatic carbocycles. The van der Waals surface area contributed by atoms with Gasteiger partial charge in [-0.3, -0.25) is 0 Å². The molecule has 17 heavy (non-hydrogen) atoms.